The van der Waals surface area contributed by atoms with Gasteiger partial charge in [0, 0.05) is 12.1 Å². The van der Waals surface area contributed by atoms with Gasteiger partial charge in [-0.2, -0.15) is 18.3 Å². The largest absolute Gasteiger partial charge is 0.408 e. The molecular formula is C12H18BrF3N4O. The smallest absolute Gasteiger partial charge is 0.381 e. The van der Waals surface area contributed by atoms with Crippen LogP contribution in [0.3, 0.4) is 0 Å². The first-order chi connectivity index (χ1) is 9.62. The van der Waals surface area contributed by atoms with Crippen molar-refractivity contribution in [2.45, 2.75) is 44.9 Å². The van der Waals surface area contributed by atoms with E-state index < -0.39 is 23.8 Å². The Kier molecular flexibility index (Phi) is 5.80. The van der Waals surface area contributed by atoms with E-state index in [0.717, 1.165) is 12.8 Å². The van der Waals surface area contributed by atoms with Crippen LogP contribution >= 0.6 is 15.9 Å². The minimum atomic E-state index is -4.50. The number of rotatable bonds is 6. The van der Waals surface area contributed by atoms with Gasteiger partial charge in [0.05, 0.1) is 11.9 Å². The van der Waals surface area contributed by atoms with E-state index in [2.05, 4.69) is 26.3 Å². The summed E-state index contributed by atoms with van der Waals surface area (Å²) < 4.78 is 37.3. The van der Waals surface area contributed by atoms with E-state index in [9.17, 15) is 18.0 Å². The molecule has 0 saturated heterocycles. The van der Waals surface area contributed by atoms with Gasteiger partial charge in [-0.3, -0.25) is 4.79 Å². The normalized spacial score (nSPS) is 12.5. The van der Waals surface area contributed by atoms with E-state index in [0.29, 0.717) is 16.9 Å². The topological polar surface area (TPSA) is 72.9 Å². The Bertz CT molecular complexity index is 540. The molecule has 1 aromatic rings. The van der Waals surface area contributed by atoms with Gasteiger partial charge in [0.2, 0.25) is 0 Å². The molecule has 0 fully saturated rings. The molecule has 1 rings (SSSR count). The molecule has 0 aliphatic heterocycles. The highest BCUT2D eigenvalue weighted by molar-refractivity contribution is 9.10. The second kappa shape index (κ2) is 6.78. The van der Waals surface area contributed by atoms with E-state index in [4.69, 9.17) is 5.73 Å². The van der Waals surface area contributed by atoms with Crippen molar-refractivity contribution >= 4 is 21.6 Å². The van der Waals surface area contributed by atoms with Crippen LogP contribution in [0.1, 0.15) is 26.7 Å². The van der Waals surface area contributed by atoms with E-state index >= 15 is 0 Å². The second-order valence-corrected chi connectivity index (χ2v) is 5.67. The summed E-state index contributed by atoms with van der Waals surface area (Å²) in [7, 11) is 0. The number of anilines is 1. The maximum absolute atomic E-state index is 12.3. The van der Waals surface area contributed by atoms with Crippen molar-refractivity contribution in [1.82, 2.24) is 9.78 Å². The molecule has 0 aliphatic carbocycles. The van der Waals surface area contributed by atoms with Crippen molar-refractivity contribution in [3.05, 3.63) is 21.0 Å². The minimum Gasteiger partial charge on any atom is -0.381 e. The fraction of sp³-hybridized carbons (Fsp3) is 0.667. The van der Waals surface area contributed by atoms with Crippen LogP contribution in [-0.4, -0.2) is 28.0 Å². The molecule has 0 amide bonds. The van der Waals surface area contributed by atoms with Crippen molar-refractivity contribution in [3.8, 4) is 0 Å². The highest BCUT2D eigenvalue weighted by atomic mass is 79.9. The summed E-state index contributed by atoms with van der Waals surface area (Å²) >= 11 is 3.01. The predicted octanol–water partition coefficient (Wildman–Crippen LogP) is 2.50. The van der Waals surface area contributed by atoms with Crippen molar-refractivity contribution in [1.29, 1.82) is 0 Å². The summed E-state index contributed by atoms with van der Waals surface area (Å²) in [5, 5.41) is 6.48. The molecule has 0 unspecified atom stereocenters. The zero-order chi connectivity index (χ0) is 16.3. The summed E-state index contributed by atoms with van der Waals surface area (Å²) in [4.78, 5) is 11.8. The molecule has 0 aliphatic rings. The number of alkyl halides is 3. The first kappa shape index (κ1) is 18.0. The second-order valence-electron chi connectivity index (χ2n) is 4.87. The van der Waals surface area contributed by atoms with Crippen LogP contribution in [-0.2, 0) is 6.54 Å². The molecule has 0 radical (unpaired) electrons. The summed E-state index contributed by atoms with van der Waals surface area (Å²) in [6.07, 6.45) is -1.86. The van der Waals surface area contributed by atoms with E-state index in [1.165, 1.54) is 6.20 Å². The van der Waals surface area contributed by atoms with Gasteiger partial charge >= 0.3 is 6.18 Å². The van der Waals surface area contributed by atoms with Crippen LogP contribution in [0.2, 0.25) is 0 Å². The fourth-order valence-electron chi connectivity index (χ4n) is 1.64. The lowest BCUT2D eigenvalue weighted by Gasteiger charge is -2.27. The third-order valence-electron chi connectivity index (χ3n) is 3.35. The molecule has 1 heterocycles. The van der Waals surface area contributed by atoms with Crippen LogP contribution < -0.4 is 16.6 Å². The lowest BCUT2D eigenvalue weighted by molar-refractivity contribution is -0.143. The van der Waals surface area contributed by atoms with Crippen LogP contribution in [0, 0.1) is 0 Å². The molecule has 21 heavy (non-hydrogen) atoms. The maximum atomic E-state index is 12.3. The van der Waals surface area contributed by atoms with Crippen molar-refractivity contribution in [2.75, 3.05) is 11.9 Å². The number of halogens is 4. The van der Waals surface area contributed by atoms with Gasteiger partial charge in [-0.25, -0.2) is 4.68 Å². The Morgan fingerprint density at radius 3 is 2.43 bits per heavy atom. The zero-order valence-electron chi connectivity index (χ0n) is 11.8. The van der Waals surface area contributed by atoms with Gasteiger partial charge in [-0.15, -0.1) is 0 Å². The Morgan fingerprint density at radius 2 is 1.95 bits per heavy atom. The Balaban J connectivity index is 2.93. The van der Waals surface area contributed by atoms with Crippen molar-refractivity contribution < 1.29 is 13.2 Å². The summed E-state index contributed by atoms with van der Waals surface area (Å²) in [6, 6.07) is 0. The summed E-state index contributed by atoms with van der Waals surface area (Å²) in [5.41, 5.74) is 5.16. The monoisotopic (exact) mass is 370 g/mol. The molecule has 0 bridgehead atoms. The lowest BCUT2D eigenvalue weighted by Crippen LogP contribution is -2.45. The maximum Gasteiger partial charge on any atom is 0.408 e. The Morgan fingerprint density at radius 1 is 1.38 bits per heavy atom. The van der Waals surface area contributed by atoms with E-state index in [1.54, 1.807) is 0 Å². The molecule has 0 saturated carbocycles. The van der Waals surface area contributed by atoms with Gasteiger partial charge < -0.3 is 11.1 Å². The molecule has 3 N–H and O–H groups in total. The fourth-order valence-corrected chi connectivity index (χ4v) is 2.09. The molecule has 1 aromatic heterocycles. The van der Waals surface area contributed by atoms with Gasteiger partial charge in [0.15, 0.2) is 0 Å². The van der Waals surface area contributed by atoms with Gasteiger partial charge in [-0.05, 0) is 28.8 Å². The SMILES string of the molecule is CCC(N)(CC)CNc1cnn(CC(F)(F)F)c(=O)c1Br. The third-order valence-corrected chi connectivity index (χ3v) is 4.12. The van der Waals surface area contributed by atoms with E-state index in [-0.39, 0.29) is 4.47 Å². The predicted molar refractivity (Wildman–Crippen MR) is 78.2 cm³/mol. The average Bonchev–Trinajstić information content (AvgIpc) is 2.41. The zero-order valence-corrected chi connectivity index (χ0v) is 13.4. The summed E-state index contributed by atoms with van der Waals surface area (Å²) in [6.45, 7) is 2.86. The van der Waals surface area contributed by atoms with Crippen LogP contribution in [0.5, 0.6) is 0 Å². The number of aromatic nitrogens is 2. The van der Waals surface area contributed by atoms with Gasteiger partial charge in [0.1, 0.15) is 11.0 Å². The molecule has 0 spiro atoms. The lowest BCUT2D eigenvalue weighted by atomic mass is 9.94. The molecule has 0 aromatic carbocycles. The quantitative estimate of drug-likeness (QED) is 0.806. The number of nitrogens with two attached hydrogens (primary N) is 1. The number of nitrogens with one attached hydrogen (secondary N) is 1. The first-order valence-corrected chi connectivity index (χ1v) is 7.26. The van der Waals surface area contributed by atoms with Crippen molar-refractivity contribution in [3.63, 3.8) is 0 Å². The molecule has 0 atom stereocenters. The number of hydrogen-bond acceptors (Lipinski definition) is 4. The third kappa shape index (κ3) is 4.99. The highest BCUT2D eigenvalue weighted by Crippen LogP contribution is 2.21. The Hall–Kier alpha value is -1.09. The molecule has 120 valence electrons. The summed E-state index contributed by atoms with van der Waals surface area (Å²) in [5.74, 6) is 0. The average molecular weight is 371 g/mol. The van der Waals surface area contributed by atoms with Crippen molar-refractivity contribution in [2.24, 2.45) is 5.73 Å². The molecule has 9 heteroatoms. The van der Waals surface area contributed by atoms with Gasteiger partial charge in [-0.1, -0.05) is 13.8 Å². The van der Waals surface area contributed by atoms with E-state index in [1.807, 2.05) is 13.8 Å². The first-order valence-electron chi connectivity index (χ1n) is 6.47. The molecule has 5 nitrogen and oxygen atoms in total. The number of nitrogens with zero attached hydrogens (tertiary/aromatic N) is 2. The highest BCUT2D eigenvalue weighted by Gasteiger charge is 2.30. The van der Waals surface area contributed by atoms with Gasteiger partial charge in [0.25, 0.3) is 5.56 Å². The number of hydrogen-bond donors (Lipinski definition) is 2. The Labute approximate surface area is 128 Å². The standard InChI is InChI=1S/C12H18BrF3N4O/c1-3-11(17,4-2)6-18-8-5-19-20(7-12(14,15)16)10(21)9(8)13/h5,18H,3-4,6-7,17H2,1-2H3. The minimum absolute atomic E-state index is 0.0105. The van der Waals surface area contributed by atoms with Crippen LogP contribution in [0.4, 0.5) is 18.9 Å². The van der Waals surface area contributed by atoms with Crippen LogP contribution in [0.25, 0.3) is 0 Å². The van der Waals surface area contributed by atoms with Crippen LogP contribution in [0.15, 0.2) is 15.5 Å². The molecular weight excluding hydrogens is 353 g/mol.